The maximum atomic E-state index is 12.8. The second-order valence-corrected chi connectivity index (χ2v) is 8.84. The number of aromatic nitrogens is 2. The minimum Gasteiger partial charge on any atom is -0.478 e. The third kappa shape index (κ3) is 4.89. The molecule has 4 rings (SSSR count). The molecule has 9 heteroatoms. The fourth-order valence-electron chi connectivity index (χ4n) is 4.43. The third-order valence-corrected chi connectivity index (χ3v) is 6.29. The first-order chi connectivity index (χ1) is 16.8. The quantitative estimate of drug-likeness (QED) is 0.459. The van der Waals surface area contributed by atoms with Gasteiger partial charge in [-0.25, -0.2) is 9.59 Å². The molecule has 0 radical (unpaired) electrons. The molecule has 0 saturated carbocycles. The van der Waals surface area contributed by atoms with Gasteiger partial charge in [0.05, 0.1) is 18.4 Å². The maximum absolute atomic E-state index is 12.8. The van der Waals surface area contributed by atoms with E-state index in [1.54, 1.807) is 20.9 Å². The molecule has 0 spiro atoms. The van der Waals surface area contributed by atoms with Crippen molar-refractivity contribution in [2.24, 2.45) is 13.0 Å². The first-order valence-electron chi connectivity index (χ1n) is 11.4. The Morgan fingerprint density at radius 1 is 1.06 bits per heavy atom. The number of fused-ring (bicyclic) bond motifs is 3. The van der Waals surface area contributed by atoms with Crippen LogP contribution in [0, 0.1) is 5.92 Å². The van der Waals surface area contributed by atoms with E-state index in [9.17, 15) is 19.5 Å². The number of carboxylic acids is 1. The fourth-order valence-corrected chi connectivity index (χ4v) is 4.43. The fraction of sp³-hybridized carbons (Fsp3) is 0.308. The molecule has 0 saturated heterocycles. The molecule has 3 aromatic rings. The Labute approximate surface area is 203 Å². The highest BCUT2D eigenvalue weighted by Gasteiger charge is 2.30. The molecule has 0 aliphatic heterocycles. The molecular weight excluding hydrogens is 448 g/mol. The van der Waals surface area contributed by atoms with Gasteiger partial charge in [0.25, 0.3) is 0 Å². The predicted octanol–water partition coefficient (Wildman–Crippen LogP) is 3.30. The minimum absolute atomic E-state index is 0.0124. The van der Waals surface area contributed by atoms with Crippen molar-refractivity contribution in [3.8, 4) is 11.1 Å². The zero-order valence-corrected chi connectivity index (χ0v) is 19.8. The number of hydrogen-bond acceptors (Lipinski definition) is 5. The van der Waals surface area contributed by atoms with Crippen LogP contribution in [-0.4, -0.2) is 45.5 Å². The number of ether oxygens (including phenoxy) is 1. The number of nitrogens with one attached hydrogen (secondary N) is 2. The van der Waals surface area contributed by atoms with E-state index in [4.69, 9.17) is 4.74 Å². The summed E-state index contributed by atoms with van der Waals surface area (Å²) in [5.41, 5.74) is 4.84. The van der Waals surface area contributed by atoms with E-state index in [0.29, 0.717) is 5.69 Å². The van der Waals surface area contributed by atoms with Gasteiger partial charge in [-0.15, -0.1) is 0 Å². The second kappa shape index (κ2) is 10.0. The number of amides is 2. The predicted molar refractivity (Wildman–Crippen MR) is 129 cm³/mol. The average molecular weight is 477 g/mol. The Bertz CT molecular complexity index is 1220. The molecule has 2 amide bonds. The number of carboxylic acid groups (broad SMARTS) is 1. The summed E-state index contributed by atoms with van der Waals surface area (Å²) in [6.07, 6.45) is 0.547. The largest absolute Gasteiger partial charge is 0.478 e. The van der Waals surface area contributed by atoms with Gasteiger partial charge in [0, 0.05) is 13.0 Å². The summed E-state index contributed by atoms with van der Waals surface area (Å²) in [5, 5.41) is 18.6. The van der Waals surface area contributed by atoms with Crippen LogP contribution in [0.2, 0.25) is 0 Å². The highest BCUT2D eigenvalue weighted by atomic mass is 16.5. The average Bonchev–Trinajstić information content (AvgIpc) is 3.37. The molecular formula is C26H28N4O5. The summed E-state index contributed by atoms with van der Waals surface area (Å²) in [5.74, 6) is -1.87. The zero-order chi connectivity index (χ0) is 25.1. The number of rotatable bonds is 8. The molecule has 0 bridgehead atoms. The molecule has 0 fully saturated rings. The number of alkyl carbamates (subject to hydrolysis) is 1. The molecule has 1 aliphatic carbocycles. The van der Waals surface area contributed by atoms with Gasteiger partial charge in [0.15, 0.2) is 0 Å². The van der Waals surface area contributed by atoms with Gasteiger partial charge in [-0.2, -0.15) is 5.10 Å². The van der Waals surface area contributed by atoms with Gasteiger partial charge >= 0.3 is 12.1 Å². The van der Waals surface area contributed by atoms with Gasteiger partial charge in [-0.05, 0) is 28.2 Å². The Hall–Kier alpha value is -4.14. The van der Waals surface area contributed by atoms with E-state index in [1.807, 2.05) is 36.4 Å². The van der Waals surface area contributed by atoms with Crippen LogP contribution in [0.1, 0.15) is 46.9 Å². The van der Waals surface area contributed by atoms with Gasteiger partial charge in [0.1, 0.15) is 18.2 Å². The molecule has 0 unspecified atom stereocenters. The molecule has 1 atom stereocenters. The Kier molecular flexibility index (Phi) is 6.86. The number of benzene rings is 2. The summed E-state index contributed by atoms with van der Waals surface area (Å²) < 4.78 is 6.96. The number of carbonyl (C=O) groups is 3. The van der Waals surface area contributed by atoms with Crippen molar-refractivity contribution < 1.29 is 24.2 Å². The Morgan fingerprint density at radius 2 is 1.66 bits per heavy atom. The SMILES string of the molecule is CC(C)[C@H](NC(=O)OCC1c2ccccc2-c2ccccc21)C(=O)NCc1c(C(=O)O)cnn1C. The zero-order valence-electron chi connectivity index (χ0n) is 19.8. The first kappa shape index (κ1) is 24.0. The number of nitrogens with zero attached hydrogens (tertiary/aromatic N) is 2. The lowest BCUT2D eigenvalue weighted by atomic mass is 9.98. The van der Waals surface area contributed by atoms with Crippen LogP contribution < -0.4 is 10.6 Å². The Morgan fingerprint density at radius 3 is 2.23 bits per heavy atom. The van der Waals surface area contributed by atoms with Gasteiger partial charge in [0.2, 0.25) is 5.91 Å². The highest BCUT2D eigenvalue weighted by Crippen LogP contribution is 2.44. The van der Waals surface area contributed by atoms with Crippen LogP contribution in [0.4, 0.5) is 4.79 Å². The summed E-state index contributed by atoms with van der Waals surface area (Å²) in [6.45, 7) is 3.72. The topological polar surface area (TPSA) is 123 Å². The first-order valence-corrected chi connectivity index (χ1v) is 11.4. The molecule has 3 N–H and O–H groups in total. The minimum atomic E-state index is -1.13. The monoisotopic (exact) mass is 476 g/mol. The van der Waals surface area contributed by atoms with Crippen molar-refractivity contribution in [3.05, 3.63) is 77.1 Å². The van der Waals surface area contributed by atoms with E-state index in [0.717, 1.165) is 22.3 Å². The Balaban J connectivity index is 1.39. The summed E-state index contributed by atoms with van der Waals surface area (Å²) >= 11 is 0. The van der Waals surface area contributed by atoms with Crippen LogP contribution in [0.25, 0.3) is 11.1 Å². The van der Waals surface area contributed by atoms with E-state index >= 15 is 0 Å². The van der Waals surface area contributed by atoms with Crippen LogP contribution in [0.5, 0.6) is 0 Å². The lowest BCUT2D eigenvalue weighted by Crippen LogP contribution is -2.50. The normalized spacial score (nSPS) is 13.1. The van der Waals surface area contributed by atoms with Crippen molar-refractivity contribution in [1.82, 2.24) is 20.4 Å². The third-order valence-electron chi connectivity index (χ3n) is 6.29. The van der Waals surface area contributed by atoms with Crippen molar-refractivity contribution in [1.29, 1.82) is 0 Å². The van der Waals surface area contributed by atoms with E-state index < -0.39 is 24.0 Å². The van der Waals surface area contributed by atoms with E-state index in [1.165, 1.54) is 10.9 Å². The smallest absolute Gasteiger partial charge is 0.407 e. The van der Waals surface area contributed by atoms with Crippen LogP contribution in [0.15, 0.2) is 54.7 Å². The molecule has 2 aromatic carbocycles. The summed E-state index contributed by atoms with van der Waals surface area (Å²) in [4.78, 5) is 36.9. The van der Waals surface area contributed by atoms with Gasteiger partial charge < -0.3 is 20.5 Å². The molecule has 9 nitrogen and oxygen atoms in total. The van der Waals surface area contributed by atoms with Crippen LogP contribution in [0.3, 0.4) is 0 Å². The lowest BCUT2D eigenvalue weighted by Gasteiger charge is -2.22. The summed E-state index contributed by atoms with van der Waals surface area (Å²) in [7, 11) is 1.60. The van der Waals surface area contributed by atoms with Crippen LogP contribution in [-0.2, 0) is 23.1 Å². The van der Waals surface area contributed by atoms with Gasteiger partial charge in [-0.3, -0.25) is 9.48 Å². The van der Waals surface area contributed by atoms with Crippen LogP contribution >= 0.6 is 0 Å². The maximum Gasteiger partial charge on any atom is 0.407 e. The van der Waals surface area contributed by atoms with E-state index in [-0.39, 0.29) is 30.6 Å². The molecule has 1 aromatic heterocycles. The molecule has 35 heavy (non-hydrogen) atoms. The van der Waals surface area contributed by atoms with Crippen molar-refractivity contribution in [3.63, 3.8) is 0 Å². The number of aromatic carboxylic acids is 1. The van der Waals surface area contributed by atoms with Crippen molar-refractivity contribution in [2.45, 2.75) is 32.4 Å². The second-order valence-electron chi connectivity index (χ2n) is 8.84. The summed E-state index contributed by atoms with van der Waals surface area (Å²) in [6, 6.07) is 15.3. The standard InChI is InChI=1S/C26H28N4O5/c1-15(2)23(24(31)27-13-22-20(25(32)33)12-28-30(22)3)29-26(34)35-14-21-18-10-6-4-8-16(18)17-9-5-7-11-19(17)21/h4-12,15,21,23H,13-14H2,1-3H3,(H,27,31)(H,29,34)(H,32,33)/t23-/m0/s1. The number of aryl methyl sites for hydroxylation is 1. The molecule has 1 aliphatic rings. The van der Waals surface area contributed by atoms with Crippen molar-refractivity contribution in [2.75, 3.05) is 6.61 Å². The van der Waals surface area contributed by atoms with E-state index in [2.05, 4.69) is 27.9 Å². The molecule has 1 heterocycles. The van der Waals surface area contributed by atoms with Gasteiger partial charge in [-0.1, -0.05) is 62.4 Å². The lowest BCUT2D eigenvalue weighted by molar-refractivity contribution is -0.124. The highest BCUT2D eigenvalue weighted by molar-refractivity contribution is 5.89. The molecule has 182 valence electrons. The number of carbonyl (C=O) groups excluding carboxylic acids is 2. The number of hydrogen-bond donors (Lipinski definition) is 3. The van der Waals surface area contributed by atoms with Crippen molar-refractivity contribution >= 4 is 18.0 Å².